The van der Waals surface area contributed by atoms with Crippen LogP contribution >= 0.6 is 11.8 Å². The Labute approximate surface area is 179 Å². The molecule has 0 saturated carbocycles. The van der Waals surface area contributed by atoms with Gasteiger partial charge < -0.3 is 20.1 Å². The number of hydrogen-bond donors (Lipinski definition) is 2. The minimum absolute atomic E-state index is 0.0694. The molecule has 30 heavy (non-hydrogen) atoms. The average Bonchev–Trinajstić information content (AvgIpc) is 3.25. The highest BCUT2D eigenvalue weighted by Crippen LogP contribution is 2.32. The quantitative estimate of drug-likeness (QED) is 0.528. The number of anilines is 2. The number of fused-ring (bicyclic) bond motifs is 1. The maximum absolute atomic E-state index is 12.2. The first-order valence-corrected chi connectivity index (χ1v) is 10.7. The number of aromatic nitrogens is 2. The Hall–Kier alpha value is -3.26. The van der Waals surface area contributed by atoms with Crippen LogP contribution in [-0.4, -0.2) is 28.7 Å². The van der Waals surface area contributed by atoms with Gasteiger partial charge in [-0.15, -0.1) is 10.2 Å². The fourth-order valence-electron chi connectivity index (χ4n) is 2.94. The monoisotopic (exact) mass is 422 g/mol. The van der Waals surface area contributed by atoms with E-state index in [1.807, 2.05) is 54.6 Å². The van der Waals surface area contributed by atoms with Crippen LogP contribution in [-0.2, 0) is 17.8 Å². The summed E-state index contributed by atoms with van der Waals surface area (Å²) in [6, 6.07) is 17.4. The fourth-order valence-corrected chi connectivity index (χ4v) is 3.55. The van der Waals surface area contributed by atoms with Gasteiger partial charge in [0.05, 0.1) is 5.75 Å². The molecule has 4 rings (SSSR count). The molecule has 1 aromatic heterocycles. The first kappa shape index (κ1) is 20.0. The van der Waals surface area contributed by atoms with Gasteiger partial charge in [-0.3, -0.25) is 4.79 Å². The number of hydrogen-bond acceptors (Lipinski definition) is 7. The number of carbonyl (C=O) groups is 1. The lowest BCUT2D eigenvalue weighted by atomic mass is 10.1. The van der Waals surface area contributed by atoms with Crippen LogP contribution in [0.5, 0.6) is 11.5 Å². The predicted octanol–water partition coefficient (Wildman–Crippen LogP) is 4.11. The van der Waals surface area contributed by atoms with Gasteiger partial charge in [0.25, 0.3) is 0 Å². The van der Waals surface area contributed by atoms with Crippen LogP contribution in [0, 0.1) is 0 Å². The van der Waals surface area contributed by atoms with E-state index in [0.717, 1.165) is 29.2 Å². The zero-order chi connectivity index (χ0) is 20.8. The van der Waals surface area contributed by atoms with E-state index < -0.39 is 0 Å². The van der Waals surface area contributed by atoms with Gasteiger partial charge in [-0.1, -0.05) is 36.9 Å². The molecule has 3 aromatic rings. The smallest absolute Gasteiger partial charge is 0.234 e. The molecule has 0 bridgehead atoms. The highest BCUT2D eigenvalue weighted by atomic mass is 32.2. The number of amides is 1. The molecule has 0 spiro atoms. The molecule has 1 aliphatic heterocycles. The molecule has 2 aromatic carbocycles. The van der Waals surface area contributed by atoms with Gasteiger partial charge in [0, 0.05) is 12.2 Å². The Morgan fingerprint density at radius 3 is 2.77 bits per heavy atom. The zero-order valence-corrected chi connectivity index (χ0v) is 17.4. The number of ether oxygens (including phenoxy) is 2. The highest BCUT2D eigenvalue weighted by molar-refractivity contribution is 7.99. The Bertz CT molecular complexity index is 1030. The van der Waals surface area contributed by atoms with Gasteiger partial charge in [-0.25, -0.2) is 0 Å². The summed E-state index contributed by atoms with van der Waals surface area (Å²) in [6.45, 7) is 2.94. The molecular weight excluding hydrogens is 400 g/mol. The van der Waals surface area contributed by atoms with E-state index in [9.17, 15) is 4.79 Å². The lowest BCUT2D eigenvalue weighted by Crippen LogP contribution is -2.14. The second kappa shape index (κ2) is 9.49. The first-order chi connectivity index (χ1) is 14.7. The lowest BCUT2D eigenvalue weighted by Gasteiger charge is -2.08. The van der Waals surface area contributed by atoms with Crippen molar-refractivity contribution in [1.29, 1.82) is 0 Å². The summed E-state index contributed by atoms with van der Waals surface area (Å²) in [7, 11) is 0. The second-order valence-electron chi connectivity index (χ2n) is 6.69. The molecule has 0 aliphatic carbocycles. The molecule has 0 unspecified atom stereocenters. The van der Waals surface area contributed by atoms with Crippen LogP contribution in [0.1, 0.15) is 18.1 Å². The third-order valence-electron chi connectivity index (χ3n) is 4.52. The molecule has 1 amide bonds. The molecule has 0 atom stereocenters. The Kier molecular flexibility index (Phi) is 6.34. The molecule has 2 N–H and O–H groups in total. The van der Waals surface area contributed by atoms with Crippen molar-refractivity contribution in [2.45, 2.75) is 24.9 Å². The third-order valence-corrected chi connectivity index (χ3v) is 5.44. The molecule has 0 fully saturated rings. The molecule has 154 valence electrons. The summed E-state index contributed by atoms with van der Waals surface area (Å²) in [5.41, 5.74) is 3.06. The van der Waals surface area contributed by atoms with Crippen molar-refractivity contribution in [3.8, 4) is 11.5 Å². The number of rotatable bonds is 8. The second-order valence-corrected chi connectivity index (χ2v) is 7.68. The lowest BCUT2D eigenvalue weighted by molar-refractivity contribution is -0.113. The van der Waals surface area contributed by atoms with E-state index in [1.54, 1.807) is 0 Å². The topological polar surface area (TPSA) is 85.4 Å². The minimum atomic E-state index is -0.0694. The number of thioether (sulfide) groups is 1. The Balaban J connectivity index is 1.24. The van der Waals surface area contributed by atoms with Gasteiger partial charge in [0.1, 0.15) is 10.8 Å². The van der Waals surface area contributed by atoms with Gasteiger partial charge >= 0.3 is 0 Å². The number of carbonyl (C=O) groups excluding carboxylic acids is 1. The summed E-state index contributed by atoms with van der Waals surface area (Å²) in [4.78, 5) is 12.2. The average molecular weight is 423 g/mol. The van der Waals surface area contributed by atoms with E-state index in [2.05, 4.69) is 27.8 Å². The van der Waals surface area contributed by atoms with E-state index in [4.69, 9.17) is 9.47 Å². The van der Waals surface area contributed by atoms with Gasteiger partial charge in [0.15, 0.2) is 11.5 Å². The van der Waals surface area contributed by atoms with Crippen LogP contribution in [0.15, 0.2) is 59.6 Å². The van der Waals surface area contributed by atoms with Crippen molar-refractivity contribution in [2.24, 2.45) is 0 Å². The van der Waals surface area contributed by atoms with Crippen molar-refractivity contribution in [1.82, 2.24) is 10.2 Å². The van der Waals surface area contributed by atoms with Crippen molar-refractivity contribution < 1.29 is 14.3 Å². The van der Waals surface area contributed by atoms with Crippen LogP contribution < -0.4 is 20.1 Å². The number of nitrogens with one attached hydrogen (secondary N) is 2. The number of benzene rings is 2. The van der Waals surface area contributed by atoms with Crippen molar-refractivity contribution in [3.05, 3.63) is 65.7 Å². The van der Waals surface area contributed by atoms with Crippen molar-refractivity contribution in [2.75, 3.05) is 23.2 Å². The standard InChI is InChI=1S/C22H22N4O3S/c1-2-15-4-3-5-17(10-15)24-21(27)13-30-22-9-8-20(25-26-22)23-12-16-6-7-18-19(11-16)29-14-28-18/h3-11H,2,12-14H2,1H3,(H,23,25)(H,24,27). The summed E-state index contributed by atoms with van der Waals surface area (Å²) in [5, 5.41) is 15.2. The SMILES string of the molecule is CCc1cccc(NC(=O)CSc2ccc(NCc3ccc4c(c3)OCO4)nn2)c1. The normalized spacial score (nSPS) is 11.9. The number of nitrogens with zero attached hydrogens (tertiary/aromatic N) is 2. The van der Waals surface area contributed by atoms with Crippen LogP contribution in [0.2, 0.25) is 0 Å². The van der Waals surface area contributed by atoms with Gasteiger partial charge in [0.2, 0.25) is 12.7 Å². The van der Waals surface area contributed by atoms with E-state index in [0.29, 0.717) is 17.4 Å². The van der Waals surface area contributed by atoms with Crippen LogP contribution in [0.4, 0.5) is 11.5 Å². The predicted molar refractivity (Wildman–Crippen MR) is 117 cm³/mol. The van der Waals surface area contributed by atoms with Crippen LogP contribution in [0.3, 0.4) is 0 Å². The van der Waals surface area contributed by atoms with Gasteiger partial charge in [-0.05, 0) is 53.9 Å². The molecule has 8 heteroatoms. The molecule has 0 saturated heterocycles. The minimum Gasteiger partial charge on any atom is -0.454 e. The van der Waals surface area contributed by atoms with E-state index in [1.165, 1.54) is 17.3 Å². The Morgan fingerprint density at radius 1 is 1.03 bits per heavy atom. The van der Waals surface area contributed by atoms with E-state index >= 15 is 0 Å². The maximum Gasteiger partial charge on any atom is 0.234 e. The summed E-state index contributed by atoms with van der Waals surface area (Å²) in [6.07, 6.45) is 0.934. The molecule has 7 nitrogen and oxygen atoms in total. The maximum atomic E-state index is 12.2. The molecule has 2 heterocycles. The Morgan fingerprint density at radius 2 is 1.93 bits per heavy atom. The molecule has 1 aliphatic rings. The highest BCUT2D eigenvalue weighted by Gasteiger charge is 2.13. The van der Waals surface area contributed by atoms with E-state index in [-0.39, 0.29) is 18.5 Å². The summed E-state index contributed by atoms with van der Waals surface area (Å²) in [5.74, 6) is 2.39. The summed E-state index contributed by atoms with van der Waals surface area (Å²) < 4.78 is 10.7. The van der Waals surface area contributed by atoms with Gasteiger partial charge in [-0.2, -0.15) is 0 Å². The van der Waals surface area contributed by atoms with Crippen molar-refractivity contribution in [3.63, 3.8) is 0 Å². The molecule has 0 radical (unpaired) electrons. The summed E-state index contributed by atoms with van der Waals surface area (Å²) >= 11 is 1.35. The largest absolute Gasteiger partial charge is 0.454 e. The zero-order valence-electron chi connectivity index (χ0n) is 16.6. The third kappa shape index (κ3) is 5.21. The number of aryl methyl sites for hydroxylation is 1. The fraction of sp³-hybridized carbons (Fsp3) is 0.227. The first-order valence-electron chi connectivity index (χ1n) is 9.67. The van der Waals surface area contributed by atoms with Crippen LogP contribution in [0.25, 0.3) is 0 Å². The van der Waals surface area contributed by atoms with Crippen molar-refractivity contribution >= 4 is 29.2 Å². The molecular formula is C22H22N4O3S.